The van der Waals surface area contributed by atoms with Gasteiger partial charge in [-0.2, -0.15) is 0 Å². The van der Waals surface area contributed by atoms with Crippen molar-refractivity contribution in [1.82, 2.24) is 10.2 Å². The lowest BCUT2D eigenvalue weighted by Crippen LogP contribution is -2.38. The van der Waals surface area contributed by atoms with Gasteiger partial charge >= 0.3 is 0 Å². The molecule has 1 aliphatic rings. The van der Waals surface area contributed by atoms with E-state index >= 15 is 0 Å². The molecule has 1 aromatic rings. The van der Waals surface area contributed by atoms with Crippen molar-refractivity contribution in [3.63, 3.8) is 0 Å². The number of carbonyl (C=O) groups is 1. The fourth-order valence-electron chi connectivity index (χ4n) is 2.58. The minimum Gasteiger partial charge on any atom is -0.508 e. The molecule has 4 N–H and O–H groups in total. The fraction of sp³-hybridized carbons (Fsp3) is 0.533. The summed E-state index contributed by atoms with van der Waals surface area (Å²) in [5.41, 5.74) is 6.49. The maximum Gasteiger partial charge on any atom is 0.253 e. The molecular weight excluding hydrogens is 254 g/mol. The predicted molar refractivity (Wildman–Crippen MR) is 79.7 cm³/mol. The van der Waals surface area contributed by atoms with Crippen LogP contribution in [0.2, 0.25) is 0 Å². The Kier molecular flexibility index (Phi) is 4.84. The van der Waals surface area contributed by atoms with Crippen molar-refractivity contribution < 1.29 is 9.90 Å². The number of anilines is 1. The first-order valence-corrected chi connectivity index (χ1v) is 7.19. The van der Waals surface area contributed by atoms with Crippen molar-refractivity contribution in [3.05, 3.63) is 23.8 Å². The van der Waals surface area contributed by atoms with E-state index in [-0.39, 0.29) is 11.7 Å². The van der Waals surface area contributed by atoms with E-state index < -0.39 is 0 Å². The van der Waals surface area contributed by atoms with E-state index in [1.54, 1.807) is 6.07 Å². The number of phenols is 1. The highest BCUT2D eigenvalue weighted by molar-refractivity contribution is 5.99. The van der Waals surface area contributed by atoms with E-state index in [9.17, 15) is 9.90 Å². The number of nitrogens with one attached hydrogen (secondary N) is 1. The summed E-state index contributed by atoms with van der Waals surface area (Å²) in [6.45, 7) is 6.15. The number of rotatable bonds is 4. The number of carbonyl (C=O) groups excluding carboxylic acids is 1. The van der Waals surface area contributed by atoms with E-state index in [1.807, 2.05) is 0 Å². The summed E-state index contributed by atoms with van der Waals surface area (Å²) in [7, 11) is 0. The SMILES string of the molecule is CCN1CCC(CNC(=O)c2cc(O)ccc2N)CC1. The van der Waals surface area contributed by atoms with Crippen molar-refractivity contribution in [2.75, 3.05) is 31.9 Å². The van der Waals surface area contributed by atoms with Gasteiger partial charge < -0.3 is 21.1 Å². The Hall–Kier alpha value is -1.75. The predicted octanol–water partition coefficient (Wildman–Crippen LogP) is 1.44. The quantitative estimate of drug-likeness (QED) is 0.575. The van der Waals surface area contributed by atoms with Crippen LogP contribution in [0, 0.1) is 5.92 Å². The van der Waals surface area contributed by atoms with Crippen LogP contribution in [0.4, 0.5) is 5.69 Å². The lowest BCUT2D eigenvalue weighted by Gasteiger charge is -2.31. The van der Waals surface area contributed by atoms with Crippen LogP contribution >= 0.6 is 0 Å². The van der Waals surface area contributed by atoms with Crippen molar-refractivity contribution in [2.24, 2.45) is 5.92 Å². The maximum absolute atomic E-state index is 12.1. The average Bonchev–Trinajstić information content (AvgIpc) is 2.47. The molecule has 0 unspecified atom stereocenters. The third-order valence-electron chi connectivity index (χ3n) is 3.99. The minimum atomic E-state index is -0.212. The number of amides is 1. The van der Waals surface area contributed by atoms with Crippen LogP contribution in [0.5, 0.6) is 5.75 Å². The number of nitrogen functional groups attached to an aromatic ring is 1. The fourth-order valence-corrected chi connectivity index (χ4v) is 2.58. The van der Waals surface area contributed by atoms with Crippen LogP contribution in [0.3, 0.4) is 0 Å². The topological polar surface area (TPSA) is 78.6 Å². The summed E-state index contributed by atoms with van der Waals surface area (Å²) in [5.74, 6) is 0.372. The summed E-state index contributed by atoms with van der Waals surface area (Å²) in [6, 6.07) is 4.43. The number of aromatic hydroxyl groups is 1. The van der Waals surface area contributed by atoms with Gasteiger partial charge in [0.1, 0.15) is 5.75 Å². The zero-order valence-corrected chi connectivity index (χ0v) is 11.9. The second-order valence-electron chi connectivity index (χ2n) is 5.36. The Bertz CT molecular complexity index is 468. The first-order chi connectivity index (χ1) is 9.60. The smallest absolute Gasteiger partial charge is 0.253 e. The molecule has 20 heavy (non-hydrogen) atoms. The molecule has 1 heterocycles. The molecule has 1 fully saturated rings. The highest BCUT2D eigenvalue weighted by Crippen LogP contribution is 2.19. The van der Waals surface area contributed by atoms with Crippen molar-refractivity contribution in [3.8, 4) is 5.75 Å². The van der Waals surface area contributed by atoms with Crippen LogP contribution in [0.1, 0.15) is 30.1 Å². The molecule has 0 aromatic heterocycles. The van der Waals surface area contributed by atoms with Gasteiger partial charge in [-0.3, -0.25) is 4.79 Å². The summed E-state index contributed by atoms with van der Waals surface area (Å²) < 4.78 is 0. The molecule has 2 rings (SSSR count). The van der Waals surface area contributed by atoms with Crippen molar-refractivity contribution >= 4 is 11.6 Å². The van der Waals surface area contributed by atoms with Crippen LogP contribution in [-0.2, 0) is 0 Å². The highest BCUT2D eigenvalue weighted by atomic mass is 16.3. The molecule has 1 amide bonds. The van der Waals surface area contributed by atoms with Gasteiger partial charge in [0.2, 0.25) is 0 Å². The van der Waals surface area contributed by atoms with Gasteiger partial charge in [-0.15, -0.1) is 0 Å². The normalized spacial score (nSPS) is 17.1. The Morgan fingerprint density at radius 3 is 2.80 bits per heavy atom. The standard InChI is InChI=1S/C15H23N3O2/c1-2-18-7-5-11(6-8-18)10-17-15(20)13-9-12(19)3-4-14(13)16/h3-4,9,11,19H,2,5-8,10,16H2,1H3,(H,17,20). The molecule has 5 nitrogen and oxygen atoms in total. The molecule has 0 spiro atoms. The maximum atomic E-state index is 12.1. The van der Waals surface area contributed by atoms with E-state index in [1.165, 1.54) is 12.1 Å². The largest absolute Gasteiger partial charge is 0.508 e. The molecule has 0 aliphatic carbocycles. The van der Waals surface area contributed by atoms with Gasteiger partial charge in [-0.05, 0) is 56.6 Å². The molecule has 1 aliphatic heterocycles. The van der Waals surface area contributed by atoms with Gasteiger partial charge in [-0.25, -0.2) is 0 Å². The molecule has 1 aromatic carbocycles. The van der Waals surface area contributed by atoms with Gasteiger partial charge in [0, 0.05) is 12.2 Å². The molecule has 110 valence electrons. The molecule has 0 atom stereocenters. The summed E-state index contributed by atoms with van der Waals surface area (Å²) in [6.07, 6.45) is 2.23. The molecule has 0 bridgehead atoms. The first kappa shape index (κ1) is 14.7. The van der Waals surface area contributed by atoms with E-state index in [4.69, 9.17) is 5.73 Å². The molecule has 1 saturated heterocycles. The van der Waals surface area contributed by atoms with Crippen molar-refractivity contribution in [2.45, 2.75) is 19.8 Å². The Morgan fingerprint density at radius 1 is 1.45 bits per heavy atom. The van der Waals surface area contributed by atoms with Crippen LogP contribution < -0.4 is 11.1 Å². The summed E-state index contributed by atoms with van der Waals surface area (Å²) in [4.78, 5) is 14.5. The molecule has 0 saturated carbocycles. The highest BCUT2D eigenvalue weighted by Gasteiger charge is 2.19. The number of hydrogen-bond donors (Lipinski definition) is 3. The average molecular weight is 277 g/mol. The Labute approximate surface area is 119 Å². The lowest BCUT2D eigenvalue weighted by molar-refractivity contribution is 0.0937. The monoisotopic (exact) mass is 277 g/mol. The van der Waals surface area contributed by atoms with Crippen molar-refractivity contribution in [1.29, 1.82) is 0 Å². The van der Waals surface area contributed by atoms with Gasteiger partial charge in [0.25, 0.3) is 5.91 Å². The van der Waals surface area contributed by atoms with E-state index in [0.29, 0.717) is 23.7 Å². The molecule has 5 heteroatoms. The number of hydrogen-bond acceptors (Lipinski definition) is 4. The zero-order chi connectivity index (χ0) is 14.5. The number of piperidine rings is 1. The number of nitrogens with zero attached hydrogens (tertiary/aromatic N) is 1. The number of likely N-dealkylation sites (tertiary alicyclic amines) is 1. The third kappa shape index (κ3) is 3.63. The van der Waals surface area contributed by atoms with Gasteiger partial charge in [-0.1, -0.05) is 6.92 Å². The Balaban J connectivity index is 1.85. The lowest BCUT2D eigenvalue weighted by atomic mass is 9.96. The van der Waals surface area contributed by atoms with Crippen LogP contribution in [-0.4, -0.2) is 42.1 Å². The van der Waals surface area contributed by atoms with E-state index in [0.717, 1.165) is 32.5 Å². The van der Waals surface area contributed by atoms with Crippen LogP contribution in [0.25, 0.3) is 0 Å². The second kappa shape index (κ2) is 6.61. The second-order valence-corrected chi connectivity index (χ2v) is 5.36. The summed E-state index contributed by atoms with van der Waals surface area (Å²) in [5, 5.41) is 12.3. The Morgan fingerprint density at radius 2 is 2.15 bits per heavy atom. The zero-order valence-electron chi connectivity index (χ0n) is 11.9. The van der Waals surface area contributed by atoms with Crippen LogP contribution in [0.15, 0.2) is 18.2 Å². The minimum absolute atomic E-state index is 0.0561. The van der Waals surface area contributed by atoms with Gasteiger partial charge in [0.05, 0.1) is 5.56 Å². The summed E-state index contributed by atoms with van der Waals surface area (Å²) >= 11 is 0. The van der Waals surface area contributed by atoms with E-state index in [2.05, 4.69) is 17.1 Å². The van der Waals surface area contributed by atoms with Gasteiger partial charge in [0.15, 0.2) is 0 Å². The molecule has 0 radical (unpaired) electrons. The third-order valence-corrected chi connectivity index (χ3v) is 3.99. The molecular formula is C15H23N3O2. The number of phenolic OH excluding ortho intramolecular Hbond substituents is 1. The number of nitrogens with two attached hydrogens (primary N) is 1. The number of benzene rings is 1. The first-order valence-electron chi connectivity index (χ1n) is 7.19.